The fraction of sp³-hybridized carbons (Fsp3) is 0.538. The van der Waals surface area contributed by atoms with E-state index >= 15 is 0 Å². The zero-order chi connectivity index (χ0) is 13.2. The first-order valence-electron chi connectivity index (χ1n) is 6.69. The second kappa shape index (κ2) is 5.40. The normalized spacial score (nSPS) is 18.0. The van der Waals surface area contributed by atoms with Crippen molar-refractivity contribution in [2.45, 2.75) is 26.3 Å². The van der Waals surface area contributed by atoms with E-state index in [1.807, 2.05) is 11.4 Å². The molecule has 2 aromatic rings. The minimum atomic E-state index is 0.728. The number of rotatable bonds is 3. The van der Waals surface area contributed by atoms with Crippen molar-refractivity contribution in [3.63, 3.8) is 0 Å². The van der Waals surface area contributed by atoms with E-state index in [-0.39, 0.29) is 0 Å². The number of aromatic nitrogens is 2. The molecule has 3 rings (SSSR count). The lowest BCUT2D eigenvalue weighted by Gasteiger charge is -2.29. The highest BCUT2D eigenvalue weighted by molar-refractivity contribution is 7.16. The molecule has 1 aliphatic heterocycles. The standard InChI is InChI=1S/C13H19N5S/c1-9-2-5-18(6-3-9)8-11-15-12(17-14)10-4-7-19-13(10)16-11/h4,7,9H,2-3,5-6,8,14H2,1H3,(H,15,16,17). The molecule has 2 aromatic heterocycles. The number of hydrogen-bond donors (Lipinski definition) is 2. The van der Waals surface area contributed by atoms with Crippen LogP contribution in [0.15, 0.2) is 11.4 Å². The summed E-state index contributed by atoms with van der Waals surface area (Å²) in [6, 6.07) is 2.00. The summed E-state index contributed by atoms with van der Waals surface area (Å²) < 4.78 is 0. The summed E-state index contributed by atoms with van der Waals surface area (Å²) in [5.41, 5.74) is 2.68. The number of anilines is 1. The maximum Gasteiger partial charge on any atom is 0.152 e. The number of thiophene rings is 1. The van der Waals surface area contributed by atoms with Crippen LogP contribution in [0.3, 0.4) is 0 Å². The van der Waals surface area contributed by atoms with Crippen LogP contribution >= 0.6 is 11.3 Å². The number of nitrogens with zero attached hydrogens (tertiary/aromatic N) is 3. The van der Waals surface area contributed by atoms with Crippen molar-refractivity contribution >= 4 is 27.4 Å². The number of nitrogen functional groups attached to an aromatic ring is 1. The van der Waals surface area contributed by atoms with Crippen molar-refractivity contribution in [2.24, 2.45) is 11.8 Å². The van der Waals surface area contributed by atoms with E-state index in [1.54, 1.807) is 11.3 Å². The smallest absolute Gasteiger partial charge is 0.152 e. The second-order valence-corrected chi connectivity index (χ2v) is 6.13. The van der Waals surface area contributed by atoms with Crippen LogP contribution in [0.1, 0.15) is 25.6 Å². The first-order chi connectivity index (χ1) is 9.26. The third kappa shape index (κ3) is 2.70. The number of hydrogen-bond acceptors (Lipinski definition) is 6. The molecule has 3 heterocycles. The van der Waals surface area contributed by atoms with Gasteiger partial charge in [0.2, 0.25) is 0 Å². The molecule has 0 atom stereocenters. The van der Waals surface area contributed by atoms with Crippen molar-refractivity contribution in [3.8, 4) is 0 Å². The van der Waals surface area contributed by atoms with Crippen molar-refractivity contribution in [1.82, 2.24) is 14.9 Å². The maximum absolute atomic E-state index is 5.55. The van der Waals surface area contributed by atoms with Crippen molar-refractivity contribution in [1.29, 1.82) is 0 Å². The summed E-state index contributed by atoms with van der Waals surface area (Å²) in [6.07, 6.45) is 2.53. The molecule has 3 N–H and O–H groups in total. The Morgan fingerprint density at radius 2 is 2.21 bits per heavy atom. The van der Waals surface area contributed by atoms with E-state index in [0.29, 0.717) is 0 Å². The molecule has 1 saturated heterocycles. The van der Waals surface area contributed by atoms with Gasteiger partial charge in [0.15, 0.2) is 5.82 Å². The molecule has 0 unspecified atom stereocenters. The van der Waals surface area contributed by atoms with Gasteiger partial charge in [-0.3, -0.25) is 4.90 Å². The Morgan fingerprint density at radius 1 is 1.42 bits per heavy atom. The van der Waals surface area contributed by atoms with Gasteiger partial charge in [-0.2, -0.15) is 0 Å². The highest BCUT2D eigenvalue weighted by atomic mass is 32.1. The molecule has 19 heavy (non-hydrogen) atoms. The van der Waals surface area contributed by atoms with Crippen LogP contribution in [-0.2, 0) is 6.54 Å². The SMILES string of the molecule is CC1CCN(Cc2nc(NN)c3ccsc3n2)CC1. The topological polar surface area (TPSA) is 67.1 Å². The van der Waals surface area contributed by atoms with Crippen LogP contribution in [0.2, 0.25) is 0 Å². The summed E-state index contributed by atoms with van der Waals surface area (Å²) in [5.74, 6) is 7.98. The minimum Gasteiger partial charge on any atom is -0.308 e. The Balaban J connectivity index is 1.80. The maximum atomic E-state index is 5.55. The Labute approximate surface area is 116 Å². The summed E-state index contributed by atoms with van der Waals surface area (Å²) in [5, 5.41) is 3.02. The van der Waals surface area contributed by atoms with Crippen LogP contribution in [0.5, 0.6) is 0 Å². The average Bonchev–Trinajstić information content (AvgIpc) is 2.89. The summed E-state index contributed by atoms with van der Waals surface area (Å²) in [6.45, 7) is 5.41. The predicted molar refractivity (Wildman–Crippen MR) is 78.9 cm³/mol. The lowest BCUT2D eigenvalue weighted by atomic mass is 9.99. The molecule has 0 radical (unpaired) electrons. The molecular weight excluding hydrogens is 258 g/mol. The Kier molecular flexibility index (Phi) is 3.63. The first-order valence-corrected chi connectivity index (χ1v) is 7.57. The van der Waals surface area contributed by atoms with E-state index in [9.17, 15) is 0 Å². The van der Waals surface area contributed by atoms with E-state index < -0.39 is 0 Å². The van der Waals surface area contributed by atoms with E-state index in [4.69, 9.17) is 5.84 Å². The van der Waals surface area contributed by atoms with Gasteiger partial charge in [0, 0.05) is 0 Å². The summed E-state index contributed by atoms with van der Waals surface area (Å²) >= 11 is 1.63. The average molecular weight is 277 g/mol. The molecule has 5 nitrogen and oxygen atoms in total. The van der Waals surface area contributed by atoms with E-state index in [1.165, 1.54) is 12.8 Å². The van der Waals surface area contributed by atoms with Crippen LogP contribution in [0.25, 0.3) is 10.2 Å². The number of likely N-dealkylation sites (tertiary alicyclic amines) is 1. The highest BCUT2D eigenvalue weighted by Crippen LogP contribution is 2.25. The third-order valence-electron chi connectivity index (χ3n) is 3.75. The fourth-order valence-electron chi connectivity index (χ4n) is 2.50. The highest BCUT2D eigenvalue weighted by Gasteiger charge is 2.17. The van der Waals surface area contributed by atoms with Crippen LogP contribution in [0, 0.1) is 5.92 Å². The molecule has 102 valence electrons. The van der Waals surface area contributed by atoms with Crippen molar-refractivity contribution in [2.75, 3.05) is 18.5 Å². The van der Waals surface area contributed by atoms with E-state index in [0.717, 1.165) is 47.4 Å². The first kappa shape index (κ1) is 12.8. The second-order valence-electron chi connectivity index (χ2n) is 5.23. The van der Waals surface area contributed by atoms with Gasteiger partial charge in [0.05, 0.1) is 11.9 Å². The van der Waals surface area contributed by atoms with Crippen LogP contribution in [-0.4, -0.2) is 28.0 Å². The van der Waals surface area contributed by atoms with Crippen LogP contribution < -0.4 is 11.3 Å². The number of hydrazine groups is 1. The predicted octanol–water partition coefficient (Wildman–Crippen LogP) is 2.21. The van der Waals surface area contributed by atoms with Gasteiger partial charge in [0.1, 0.15) is 10.7 Å². The Bertz CT molecular complexity index is 559. The quantitative estimate of drug-likeness (QED) is 0.665. The molecule has 6 heteroatoms. The molecule has 0 spiro atoms. The molecule has 0 aromatic carbocycles. The molecule has 0 bridgehead atoms. The van der Waals surface area contributed by atoms with Gasteiger partial charge >= 0.3 is 0 Å². The molecule has 0 saturated carbocycles. The third-order valence-corrected chi connectivity index (χ3v) is 4.56. The number of piperidine rings is 1. The molecule has 1 fully saturated rings. The monoisotopic (exact) mass is 277 g/mol. The molecule has 0 amide bonds. The molecule has 1 aliphatic rings. The minimum absolute atomic E-state index is 0.728. The van der Waals surface area contributed by atoms with Gasteiger partial charge < -0.3 is 5.43 Å². The van der Waals surface area contributed by atoms with Crippen molar-refractivity contribution in [3.05, 3.63) is 17.3 Å². The number of fused-ring (bicyclic) bond motifs is 1. The number of nitrogens with one attached hydrogen (secondary N) is 1. The van der Waals surface area contributed by atoms with Gasteiger partial charge in [-0.25, -0.2) is 15.8 Å². The zero-order valence-corrected chi connectivity index (χ0v) is 11.9. The fourth-order valence-corrected chi connectivity index (χ4v) is 3.28. The molecular formula is C13H19N5S. The van der Waals surface area contributed by atoms with E-state index in [2.05, 4.69) is 27.2 Å². The Morgan fingerprint density at radius 3 is 2.95 bits per heavy atom. The largest absolute Gasteiger partial charge is 0.308 e. The van der Waals surface area contributed by atoms with Crippen LogP contribution in [0.4, 0.5) is 5.82 Å². The van der Waals surface area contributed by atoms with Gasteiger partial charge in [-0.05, 0) is 43.3 Å². The summed E-state index contributed by atoms with van der Waals surface area (Å²) in [4.78, 5) is 12.6. The molecule has 0 aliphatic carbocycles. The Hall–Kier alpha value is -1.24. The van der Waals surface area contributed by atoms with Gasteiger partial charge in [0.25, 0.3) is 0 Å². The zero-order valence-electron chi connectivity index (χ0n) is 11.1. The summed E-state index contributed by atoms with van der Waals surface area (Å²) in [7, 11) is 0. The van der Waals surface area contributed by atoms with Crippen molar-refractivity contribution < 1.29 is 0 Å². The van der Waals surface area contributed by atoms with Gasteiger partial charge in [-0.1, -0.05) is 6.92 Å². The lowest BCUT2D eigenvalue weighted by molar-refractivity contribution is 0.181. The van der Waals surface area contributed by atoms with Gasteiger partial charge in [-0.15, -0.1) is 11.3 Å². The lowest BCUT2D eigenvalue weighted by Crippen LogP contribution is -2.33. The number of nitrogens with two attached hydrogens (primary N) is 1.